The second-order valence-corrected chi connectivity index (χ2v) is 8.07. The summed E-state index contributed by atoms with van der Waals surface area (Å²) in [6.45, 7) is 5.25. The van der Waals surface area contributed by atoms with Crippen molar-refractivity contribution in [3.05, 3.63) is 29.3 Å². The van der Waals surface area contributed by atoms with Gasteiger partial charge in [-0.2, -0.15) is 0 Å². The van der Waals surface area contributed by atoms with Gasteiger partial charge in [0.15, 0.2) is 6.61 Å². The lowest BCUT2D eigenvalue weighted by Crippen LogP contribution is -2.38. The molecule has 0 aliphatic rings. The Labute approximate surface area is 153 Å². The van der Waals surface area contributed by atoms with Gasteiger partial charge in [0.05, 0.1) is 11.3 Å². The SMILES string of the molecule is CC(C)C(C)NC(=O)COC(=O)CCNS(=O)(=O)c1cccc(Cl)c1. The van der Waals surface area contributed by atoms with Gasteiger partial charge in [-0.25, -0.2) is 13.1 Å². The Morgan fingerprint density at radius 3 is 2.52 bits per heavy atom. The summed E-state index contributed by atoms with van der Waals surface area (Å²) in [7, 11) is -3.76. The number of halogens is 1. The Morgan fingerprint density at radius 1 is 1.24 bits per heavy atom. The maximum Gasteiger partial charge on any atom is 0.307 e. The van der Waals surface area contributed by atoms with Crippen molar-refractivity contribution in [3.8, 4) is 0 Å². The third-order valence-electron chi connectivity index (χ3n) is 3.48. The number of rotatable bonds is 9. The number of sulfonamides is 1. The Hall–Kier alpha value is -1.64. The number of carbonyl (C=O) groups excluding carboxylic acids is 2. The van der Waals surface area contributed by atoms with Crippen molar-refractivity contribution in [3.63, 3.8) is 0 Å². The lowest BCUT2D eigenvalue weighted by Gasteiger charge is -2.17. The van der Waals surface area contributed by atoms with Crippen LogP contribution in [0.15, 0.2) is 29.2 Å². The van der Waals surface area contributed by atoms with Crippen LogP contribution in [0.4, 0.5) is 0 Å². The summed E-state index contributed by atoms with van der Waals surface area (Å²) >= 11 is 5.76. The highest BCUT2D eigenvalue weighted by molar-refractivity contribution is 7.89. The quantitative estimate of drug-likeness (QED) is 0.625. The summed E-state index contributed by atoms with van der Waals surface area (Å²) in [6, 6.07) is 5.75. The molecular weight excluding hydrogens is 368 g/mol. The fourth-order valence-corrected chi connectivity index (χ4v) is 3.02. The molecule has 0 spiro atoms. The minimum absolute atomic E-state index is 0.00965. The van der Waals surface area contributed by atoms with Gasteiger partial charge in [-0.1, -0.05) is 31.5 Å². The molecule has 1 aromatic rings. The Bertz CT molecular complexity index is 706. The average molecular weight is 391 g/mol. The van der Waals surface area contributed by atoms with E-state index >= 15 is 0 Å². The molecule has 7 nitrogen and oxygen atoms in total. The predicted octanol–water partition coefficient (Wildman–Crippen LogP) is 1.71. The van der Waals surface area contributed by atoms with Gasteiger partial charge < -0.3 is 10.1 Å². The fourth-order valence-electron chi connectivity index (χ4n) is 1.69. The molecule has 0 bridgehead atoms. The Kier molecular flexibility index (Phi) is 8.34. The van der Waals surface area contributed by atoms with Gasteiger partial charge in [0.2, 0.25) is 10.0 Å². The highest BCUT2D eigenvalue weighted by Crippen LogP contribution is 2.15. The summed E-state index contributed by atoms with van der Waals surface area (Å²) in [5, 5.41) is 3.00. The van der Waals surface area contributed by atoms with Gasteiger partial charge in [-0.15, -0.1) is 0 Å². The molecule has 140 valence electrons. The number of benzene rings is 1. The van der Waals surface area contributed by atoms with E-state index < -0.39 is 28.5 Å². The summed E-state index contributed by atoms with van der Waals surface area (Å²) in [6.07, 6.45) is -0.188. The molecule has 9 heteroatoms. The number of hydrogen-bond acceptors (Lipinski definition) is 5. The third-order valence-corrected chi connectivity index (χ3v) is 5.17. The molecule has 0 saturated carbocycles. The lowest BCUT2D eigenvalue weighted by molar-refractivity contribution is -0.148. The van der Waals surface area contributed by atoms with Crippen molar-refractivity contribution in [1.29, 1.82) is 0 Å². The average Bonchev–Trinajstić information content (AvgIpc) is 2.52. The first kappa shape index (κ1) is 21.4. The topological polar surface area (TPSA) is 102 Å². The van der Waals surface area contributed by atoms with E-state index in [2.05, 4.69) is 10.0 Å². The molecular formula is C16H23ClN2O5S. The standard InChI is InChI=1S/C16H23ClN2O5S/c1-11(2)12(3)19-15(20)10-24-16(21)7-8-18-25(22,23)14-6-4-5-13(17)9-14/h4-6,9,11-12,18H,7-8,10H2,1-3H3,(H,19,20). The van der Waals surface area contributed by atoms with E-state index in [0.717, 1.165) is 0 Å². The molecule has 2 N–H and O–H groups in total. The van der Waals surface area contributed by atoms with Gasteiger partial charge in [-0.05, 0) is 31.0 Å². The second-order valence-electron chi connectivity index (χ2n) is 5.87. The molecule has 0 aliphatic carbocycles. The molecule has 1 rings (SSSR count). The molecule has 0 fully saturated rings. The molecule has 1 unspecified atom stereocenters. The van der Waals surface area contributed by atoms with E-state index in [9.17, 15) is 18.0 Å². The number of esters is 1. The first-order valence-corrected chi connectivity index (χ1v) is 9.68. The van der Waals surface area contributed by atoms with Crippen LogP contribution in [0.5, 0.6) is 0 Å². The second kappa shape index (κ2) is 9.74. The zero-order valence-corrected chi connectivity index (χ0v) is 16.0. The van der Waals surface area contributed by atoms with Crippen LogP contribution in [-0.4, -0.2) is 39.5 Å². The zero-order valence-electron chi connectivity index (χ0n) is 14.4. The molecule has 1 aromatic carbocycles. The number of ether oxygens (including phenoxy) is 1. The van der Waals surface area contributed by atoms with Crippen LogP contribution in [0.25, 0.3) is 0 Å². The van der Waals surface area contributed by atoms with Crippen LogP contribution in [-0.2, 0) is 24.3 Å². The largest absolute Gasteiger partial charge is 0.456 e. The summed E-state index contributed by atoms with van der Waals surface area (Å²) in [5.41, 5.74) is 0. The van der Waals surface area contributed by atoms with E-state index in [-0.39, 0.29) is 29.8 Å². The number of nitrogens with one attached hydrogen (secondary N) is 2. The predicted molar refractivity (Wildman–Crippen MR) is 94.7 cm³/mol. The lowest BCUT2D eigenvalue weighted by atomic mass is 10.1. The van der Waals surface area contributed by atoms with Crippen LogP contribution in [0, 0.1) is 5.92 Å². The summed E-state index contributed by atoms with van der Waals surface area (Å²) in [5.74, 6) is -0.796. The van der Waals surface area contributed by atoms with Crippen LogP contribution < -0.4 is 10.0 Å². The van der Waals surface area contributed by atoms with E-state index in [4.69, 9.17) is 16.3 Å². The summed E-state index contributed by atoms with van der Waals surface area (Å²) in [4.78, 5) is 23.2. The molecule has 0 heterocycles. The molecule has 0 saturated heterocycles. The minimum Gasteiger partial charge on any atom is -0.456 e. The minimum atomic E-state index is -3.76. The van der Waals surface area contributed by atoms with E-state index in [1.807, 2.05) is 20.8 Å². The van der Waals surface area contributed by atoms with Gasteiger partial charge in [-0.3, -0.25) is 9.59 Å². The van der Waals surface area contributed by atoms with Crippen LogP contribution in [0.1, 0.15) is 27.2 Å². The Balaban J connectivity index is 2.36. The van der Waals surface area contributed by atoms with E-state index in [1.54, 1.807) is 6.07 Å². The van der Waals surface area contributed by atoms with Crippen LogP contribution in [0.2, 0.25) is 5.02 Å². The highest BCUT2D eigenvalue weighted by atomic mass is 35.5. The molecule has 0 aromatic heterocycles. The van der Waals surface area contributed by atoms with Gasteiger partial charge in [0, 0.05) is 17.6 Å². The zero-order chi connectivity index (χ0) is 19.0. The molecule has 1 amide bonds. The van der Waals surface area contributed by atoms with Crippen molar-refractivity contribution in [1.82, 2.24) is 10.0 Å². The first-order chi connectivity index (χ1) is 11.6. The van der Waals surface area contributed by atoms with Crippen molar-refractivity contribution in [2.45, 2.75) is 38.1 Å². The summed E-state index contributed by atoms with van der Waals surface area (Å²) < 4.78 is 31.2. The maximum absolute atomic E-state index is 12.0. The molecule has 1 atom stereocenters. The van der Waals surface area contributed by atoms with Crippen LogP contribution >= 0.6 is 11.6 Å². The number of hydrogen-bond donors (Lipinski definition) is 2. The fraction of sp³-hybridized carbons (Fsp3) is 0.500. The van der Waals surface area contributed by atoms with E-state index in [1.165, 1.54) is 18.2 Å². The van der Waals surface area contributed by atoms with E-state index in [0.29, 0.717) is 5.02 Å². The maximum atomic E-state index is 12.0. The highest BCUT2D eigenvalue weighted by Gasteiger charge is 2.16. The van der Waals surface area contributed by atoms with Crippen molar-refractivity contribution in [2.24, 2.45) is 5.92 Å². The molecule has 0 aliphatic heterocycles. The smallest absolute Gasteiger partial charge is 0.307 e. The molecule has 0 radical (unpaired) electrons. The van der Waals surface area contributed by atoms with Crippen molar-refractivity contribution >= 4 is 33.5 Å². The number of carbonyl (C=O) groups is 2. The van der Waals surface area contributed by atoms with Gasteiger partial charge in [0.25, 0.3) is 5.91 Å². The van der Waals surface area contributed by atoms with Gasteiger partial charge in [0.1, 0.15) is 0 Å². The van der Waals surface area contributed by atoms with Crippen molar-refractivity contribution in [2.75, 3.05) is 13.2 Å². The van der Waals surface area contributed by atoms with Crippen LogP contribution in [0.3, 0.4) is 0 Å². The Morgan fingerprint density at radius 2 is 1.92 bits per heavy atom. The number of amides is 1. The molecule has 25 heavy (non-hydrogen) atoms. The van der Waals surface area contributed by atoms with Crippen molar-refractivity contribution < 1.29 is 22.7 Å². The third kappa shape index (κ3) is 7.85. The normalized spacial score (nSPS) is 12.7. The first-order valence-electron chi connectivity index (χ1n) is 7.82. The monoisotopic (exact) mass is 390 g/mol. The van der Waals surface area contributed by atoms with Gasteiger partial charge >= 0.3 is 5.97 Å².